The van der Waals surface area contributed by atoms with Crippen LogP contribution in [0.2, 0.25) is 0 Å². The number of methoxy groups -OCH3 is 2. The van der Waals surface area contributed by atoms with Crippen molar-refractivity contribution in [2.24, 2.45) is 0 Å². The standard InChI is InChI=1S/C15H18N2O5/c1-15(10-4-6-11(21-2)7-5-10)13(19)17(14(20)16-15)9-8-12(18)22-3/h4-7H,8-9H2,1-3H3,(H,16,20)/t15-/m0/s1. The molecule has 7 nitrogen and oxygen atoms in total. The molecule has 2 rings (SSSR count). The summed E-state index contributed by atoms with van der Waals surface area (Å²) in [6.07, 6.45) is -0.0334. The number of carbonyl (C=O) groups is 3. The van der Waals surface area contributed by atoms with Gasteiger partial charge in [-0.05, 0) is 24.6 Å². The quantitative estimate of drug-likeness (QED) is 0.648. The zero-order valence-corrected chi connectivity index (χ0v) is 12.7. The fourth-order valence-electron chi connectivity index (χ4n) is 2.33. The van der Waals surface area contributed by atoms with Gasteiger partial charge in [-0.15, -0.1) is 0 Å². The van der Waals surface area contributed by atoms with Crippen molar-refractivity contribution < 1.29 is 23.9 Å². The number of esters is 1. The molecule has 1 aliphatic rings. The molecule has 0 aliphatic carbocycles. The van der Waals surface area contributed by atoms with Crippen LogP contribution in [0.1, 0.15) is 18.9 Å². The van der Waals surface area contributed by atoms with Gasteiger partial charge in [0.15, 0.2) is 0 Å². The Hall–Kier alpha value is -2.57. The third kappa shape index (κ3) is 2.74. The summed E-state index contributed by atoms with van der Waals surface area (Å²) in [5.41, 5.74) is -0.508. The molecule has 7 heteroatoms. The van der Waals surface area contributed by atoms with Crippen molar-refractivity contribution in [2.75, 3.05) is 20.8 Å². The first kappa shape index (κ1) is 15.8. The highest BCUT2D eigenvalue weighted by molar-refractivity contribution is 6.07. The van der Waals surface area contributed by atoms with E-state index in [4.69, 9.17) is 4.74 Å². The summed E-state index contributed by atoms with van der Waals surface area (Å²) in [5.74, 6) is -0.211. The maximum Gasteiger partial charge on any atom is 0.325 e. The van der Waals surface area contributed by atoms with E-state index >= 15 is 0 Å². The summed E-state index contributed by atoms with van der Waals surface area (Å²) < 4.78 is 9.60. The fourth-order valence-corrected chi connectivity index (χ4v) is 2.33. The van der Waals surface area contributed by atoms with Gasteiger partial charge >= 0.3 is 12.0 Å². The van der Waals surface area contributed by atoms with Crippen molar-refractivity contribution in [3.05, 3.63) is 29.8 Å². The molecule has 0 unspecified atom stereocenters. The van der Waals surface area contributed by atoms with Crippen LogP contribution in [0, 0.1) is 0 Å². The third-order valence-electron chi connectivity index (χ3n) is 3.71. The lowest BCUT2D eigenvalue weighted by molar-refractivity contribution is -0.141. The maximum absolute atomic E-state index is 12.6. The predicted octanol–water partition coefficient (Wildman–Crippen LogP) is 1.03. The van der Waals surface area contributed by atoms with Crippen LogP contribution < -0.4 is 10.1 Å². The number of nitrogens with one attached hydrogen (secondary N) is 1. The topological polar surface area (TPSA) is 84.9 Å². The Kier molecular flexibility index (Phi) is 4.35. The number of ether oxygens (including phenoxy) is 2. The Bertz CT molecular complexity index is 598. The molecule has 1 aliphatic heterocycles. The largest absolute Gasteiger partial charge is 0.497 e. The number of hydrogen-bond donors (Lipinski definition) is 1. The van der Waals surface area contributed by atoms with Gasteiger partial charge in [-0.25, -0.2) is 4.79 Å². The van der Waals surface area contributed by atoms with E-state index in [9.17, 15) is 14.4 Å². The Morgan fingerprint density at radius 1 is 1.23 bits per heavy atom. The summed E-state index contributed by atoms with van der Waals surface area (Å²) >= 11 is 0. The van der Waals surface area contributed by atoms with E-state index in [0.717, 1.165) is 4.90 Å². The molecular weight excluding hydrogens is 288 g/mol. The highest BCUT2D eigenvalue weighted by Gasteiger charge is 2.48. The molecule has 1 fully saturated rings. The summed E-state index contributed by atoms with van der Waals surface area (Å²) in [7, 11) is 2.81. The van der Waals surface area contributed by atoms with Gasteiger partial charge in [-0.1, -0.05) is 12.1 Å². The molecule has 0 radical (unpaired) electrons. The monoisotopic (exact) mass is 306 g/mol. The number of nitrogens with zero attached hydrogens (tertiary/aromatic N) is 1. The number of amides is 3. The van der Waals surface area contributed by atoms with Crippen molar-refractivity contribution in [1.29, 1.82) is 0 Å². The maximum atomic E-state index is 12.6. The molecule has 118 valence electrons. The van der Waals surface area contributed by atoms with E-state index in [2.05, 4.69) is 10.1 Å². The molecule has 1 heterocycles. The van der Waals surface area contributed by atoms with Crippen LogP contribution in [0.3, 0.4) is 0 Å². The van der Waals surface area contributed by atoms with Gasteiger partial charge in [-0.2, -0.15) is 0 Å². The minimum atomic E-state index is -1.15. The Labute approximate surface area is 128 Å². The molecule has 22 heavy (non-hydrogen) atoms. The zero-order valence-electron chi connectivity index (χ0n) is 12.7. The third-order valence-corrected chi connectivity index (χ3v) is 3.71. The molecule has 0 bridgehead atoms. The van der Waals surface area contributed by atoms with Crippen molar-refractivity contribution in [3.63, 3.8) is 0 Å². The Morgan fingerprint density at radius 3 is 2.41 bits per heavy atom. The Morgan fingerprint density at radius 2 is 1.86 bits per heavy atom. The smallest absolute Gasteiger partial charge is 0.325 e. The molecule has 0 spiro atoms. The molecule has 0 aromatic heterocycles. The van der Waals surface area contributed by atoms with E-state index < -0.39 is 23.4 Å². The molecule has 1 aromatic rings. The number of benzene rings is 1. The lowest BCUT2D eigenvalue weighted by atomic mass is 9.92. The van der Waals surface area contributed by atoms with E-state index in [0.29, 0.717) is 11.3 Å². The lowest BCUT2D eigenvalue weighted by Gasteiger charge is -2.22. The van der Waals surface area contributed by atoms with Crippen molar-refractivity contribution in [1.82, 2.24) is 10.2 Å². The van der Waals surface area contributed by atoms with Crippen LogP contribution in [0.15, 0.2) is 24.3 Å². The van der Waals surface area contributed by atoms with Gasteiger partial charge in [0.25, 0.3) is 5.91 Å². The second-order valence-electron chi connectivity index (χ2n) is 5.07. The number of carbonyl (C=O) groups excluding carboxylic acids is 3. The fraction of sp³-hybridized carbons (Fsp3) is 0.400. The van der Waals surface area contributed by atoms with E-state index in [1.54, 1.807) is 38.3 Å². The van der Waals surface area contributed by atoms with Gasteiger partial charge in [0, 0.05) is 6.54 Å². The summed E-state index contributed by atoms with van der Waals surface area (Å²) in [5, 5.41) is 2.67. The van der Waals surface area contributed by atoms with Crippen LogP contribution in [0.4, 0.5) is 4.79 Å². The second kappa shape index (κ2) is 6.05. The van der Waals surface area contributed by atoms with E-state index in [-0.39, 0.29) is 13.0 Å². The molecule has 1 saturated heterocycles. The molecule has 1 N–H and O–H groups in total. The number of hydrogen-bond acceptors (Lipinski definition) is 5. The average molecular weight is 306 g/mol. The lowest BCUT2D eigenvalue weighted by Crippen LogP contribution is -2.41. The average Bonchev–Trinajstić information content (AvgIpc) is 2.75. The van der Waals surface area contributed by atoms with Gasteiger partial charge < -0.3 is 14.8 Å². The minimum absolute atomic E-state index is 0.0108. The van der Waals surface area contributed by atoms with E-state index in [1.165, 1.54) is 7.11 Å². The normalized spacial score (nSPS) is 20.8. The highest BCUT2D eigenvalue weighted by atomic mass is 16.5. The molecule has 1 atom stereocenters. The number of rotatable bonds is 5. The highest BCUT2D eigenvalue weighted by Crippen LogP contribution is 2.30. The first-order valence-electron chi connectivity index (χ1n) is 6.78. The summed E-state index contributed by atoms with van der Waals surface area (Å²) in [6, 6.07) is 6.36. The van der Waals surface area contributed by atoms with Crippen molar-refractivity contribution in [3.8, 4) is 5.75 Å². The first-order chi connectivity index (χ1) is 10.4. The molecule has 1 aromatic carbocycles. The van der Waals surface area contributed by atoms with Crippen LogP contribution in [0.5, 0.6) is 5.75 Å². The first-order valence-corrected chi connectivity index (χ1v) is 6.78. The van der Waals surface area contributed by atoms with Crippen molar-refractivity contribution >= 4 is 17.9 Å². The predicted molar refractivity (Wildman–Crippen MR) is 77.2 cm³/mol. The summed E-state index contributed by atoms with van der Waals surface area (Å²) in [4.78, 5) is 36.8. The number of urea groups is 1. The van der Waals surface area contributed by atoms with Crippen LogP contribution >= 0.6 is 0 Å². The van der Waals surface area contributed by atoms with Crippen LogP contribution in [0.25, 0.3) is 0 Å². The minimum Gasteiger partial charge on any atom is -0.497 e. The van der Waals surface area contributed by atoms with Gasteiger partial charge in [0.1, 0.15) is 11.3 Å². The van der Waals surface area contributed by atoms with E-state index in [1.807, 2.05) is 0 Å². The Balaban J connectivity index is 2.19. The van der Waals surface area contributed by atoms with Gasteiger partial charge in [-0.3, -0.25) is 14.5 Å². The van der Waals surface area contributed by atoms with Gasteiger partial charge in [0.2, 0.25) is 0 Å². The van der Waals surface area contributed by atoms with Gasteiger partial charge in [0.05, 0.1) is 20.6 Å². The van der Waals surface area contributed by atoms with Crippen LogP contribution in [-0.4, -0.2) is 43.6 Å². The molecule has 3 amide bonds. The number of imide groups is 1. The molecular formula is C15H18N2O5. The van der Waals surface area contributed by atoms with Crippen LogP contribution in [-0.2, 0) is 19.9 Å². The SMILES string of the molecule is COC(=O)CCN1C(=O)N[C@@](C)(c2ccc(OC)cc2)C1=O. The zero-order chi connectivity index (χ0) is 16.3. The van der Waals surface area contributed by atoms with Crippen molar-refractivity contribution in [2.45, 2.75) is 18.9 Å². The molecule has 0 saturated carbocycles. The summed E-state index contributed by atoms with van der Waals surface area (Å²) in [6.45, 7) is 1.62. The second-order valence-corrected chi connectivity index (χ2v) is 5.07.